The summed E-state index contributed by atoms with van der Waals surface area (Å²) >= 11 is 12.0. The minimum absolute atomic E-state index is 0.192. The van der Waals surface area contributed by atoms with E-state index in [1.54, 1.807) is 6.07 Å². The van der Waals surface area contributed by atoms with Crippen LogP contribution in [0.5, 0.6) is 0 Å². The van der Waals surface area contributed by atoms with Gasteiger partial charge in [0.1, 0.15) is 12.1 Å². The lowest BCUT2D eigenvalue weighted by Crippen LogP contribution is -2.58. The largest absolute Gasteiger partial charge is 0.368 e. The molecule has 2 aromatic carbocycles. The number of carbonyl (C=O) groups excluding carboxylic acids is 3. The van der Waals surface area contributed by atoms with E-state index in [0.29, 0.717) is 11.4 Å². The monoisotopic (exact) mass is 447 g/mol. The molecule has 1 aliphatic heterocycles. The molecule has 3 amide bonds. The number of nitrogens with two attached hydrogens (primary N) is 1. The Morgan fingerprint density at radius 3 is 2.37 bits per heavy atom. The first-order valence-corrected chi connectivity index (χ1v) is 10.4. The number of primary amides is 1. The Morgan fingerprint density at radius 1 is 1.10 bits per heavy atom. The Balaban J connectivity index is 1.87. The maximum atomic E-state index is 13.4. The molecule has 0 radical (unpaired) electrons. The fourth-order valence-electron chi connectivity index (χ4n) is 3.59. The summed E-state index contributed by atoms with van der Waals surface area (Å²) in [4.78, 5) is 39.8. The van der Waals surface area contributed by atoms with Gasteiger partial charge in [0.25, 0.3) is 5.91 Å². The molecule has 2 atom stereocenters. The standard InChI is InChI=1S/C22H23Cl2N3O3/c1-12(2)19(26-21(29)16-8-7-15(23)10-17(16)24)22(30)27-11-14-6-4-3-5-13(14)9-18(27)20(25)28/h3-8,10,12,18-19H,9,11H2,1-2H3,(H2,25,28)(H,26,29)/t18-,19-/m0/s1. The number of carbonyl (C=O) groups is 3. The van der Waals surface area contributed by atoms with E-state index >= 15 is 0 Å². The van der Waals surface area contributed by atoms with E-state index in [4.69, 9.17) is 28.9 Å². The Morgan fingerprint density at radius 2 is 1.77 bits per heavy atom. The number of benzene rings is 2. The fraction of sp³-hybridized carbons (Fsp3) is 0.318. The molecule has 1 heterocycles. The quantitative estimate of drug-likeness (QED) is 0.736. The van der Waals surface area contributed by atoms with Crippen LogP contribution in [-0.2, 0) is 22.6 Å². The molecule has 0 saturated carbocycles. The molecule has 3 rings (SSSR count). The van der Waals surface area contributed by atoms with Gasteiger partial charge in [0.2, 0.25) is 11.8 Å². The third-order valence-corrected chi connectivity index (χ3v) is 5.80. The van der Waals surface area contributed by atoms with Crippen LogP contribution in [0.25, 0.3) is 0 Å². The summed E-state index contributed by atoms with van der Waals surface area (Å²) in [6, 6.07) is 10.5. The highest BCUT2D eigenvalue weighted by Gasteiger charge is 2.38. The summed E-state index contributed by atoms with van der Waals surface area (Å²) in [5.74, 6) is -1.65. The molecule has 0 spiro atoms. The van der Waals surface area contributed by atoms with Crippen LogP contribution >= 0.6 is 23.2 Å². The van der Waals surface area contributed by atoms with Crippen molar-refractivity contribution in [2.45, 2.75) is 38.9 Å². The van der Waals surface area contributed by atoms with E-state index in [1.807, 2.05) is 38.1 Å². The minimum atomic E-state index is -0.851. The Kier molecular flexibility index (Phi) is 6.68. The van der Waals surface area contributed by atoms with E-state index in [2.05, 4.69) is 5.32 Å². The highest BCUT2D eigenvalue weighted by Crippen LogP contribution is 2.26. The summed E-state index contributed by atoms with van der Waals surface area (Å²) in [5.41, 5.74) is 7.77. The van der Waals surface area contributed by atoms with Crippen molar-refractivity contribution in [3.05, 3.63) is 69.2 Å². The lowest BCUT2D eigenvalue weighted by molar-refractivity contribution is -0.143. The van der Waals surface area contributed by atoms with E-state index in [1.165, 1.54) is 17.0 Å². The van der Waals surface area contributed by atoms with Gasteiger partial charge < -0.3 is 16.0 Å². The molecule has 0 saturated heterocycles. The number of rotatable bonds is 5. The third-order valence-electron chi connectivity index (χ3n) is 5.26. The zero-order chi connectivity index (χ0) is 22.0. The predicted molar refractivity (Wildman–Crippen MR) is 116 cm³/mol. The maximum absolute atomic E-state index is 13.4. The van der Waals surface area contributed by atoms with E-state index in [-0.39, 0.29) is 29.0 Å². The molecule has 0 unspecified atom stereocenters. The van der Waals surface area contributed by atoms with E-state index in [9.17, 15) is 14.4 Å². The van der Waals surface area contributed by atoms with Gasteiger partial charge in [-0.05, 0) is 35.2 Å². The molecule has 2 aromatic rings. The van der Waals surface area contributed by atoms with Crippen LogP contribution in [0.2, 0.25) is 10.0 Å². The molecule has 0 bridgehead atoms. The molecule has 30 heavy (non-hydrogen) atoms. The van der Waals surface area contributed by atoms with Crippen molar-refractivity contribution in [1.29, 1.82) is 0 Å². The highest BCUT2D eigenvalue weighted by molar-refractivity contribution is 6.36. The lowest BCUT2D eigenvalue weighted by atomic mass is 9.91. The smallest absolute Gasteiger partial charge is 0.253 e. The van der Waals surface area contributed by atoms with Crippen molar-refractivity contribution < 1.29 is 14.4 Å². The summed E-state index contributed by atoms with van der Waals surface area (Å²) in [7, 11) is 0. The van der Waals surface area contributed by atoms with Crippen molar-refractivity contribution in [3.63, 3.8) is 0 Å². The first-order valence-electron chi connectivity index (χ1n) is 9.61. The third kappa shape index (κ3) is 4.60. The predicted octanol–water partition coefficient (Wildman–Crippen LogP) is 3.19. The van der Waals surface area contributed by atoms with Gasteiger partial charge in [0.15, 0.2) is 0 Å². The van der Waals surface area contributed by atoms with Gasteiger partial charge in [-0.1, -0.05) is 61.3 Å². The van der Waals surface area contributed by atoms with Crippen molar-refractivity contribution in [2.24, 2.45) is 11.7 Å². The van der Waals surface area contributed by atoms with Gasteiger partial charge in [0, 0.05) is 18.0 Å². The zero-order valence-electron chi connectivity index (χ0n) is 16.7. The topological polar surface area (TPSA) is 92.5 Å². The highest BCUT2D eigenvalue weighted by atomic mass is 35.5. The van der Waals surface area contributed by atoms with Crippen molar-refractivity contribution in [2.75, 3.05) is 0 Å². The fourth-order valence-corrected chi connectivity index (χ4v) is 4.09. The van der Waals surface area contributed by atoms with Crippen LogP contribution in [0.3, 0.4) is 0 Å². The first kappa shape index (κ1) is 22.1. The normalized spacial score (nSPS) is 16.7. The van der Waals surface area contributed by atoms with E-state index < -0.39 is 23.9 Å². The number of nitrogens with one attached hydrogen (secondary N) is 1. The van der Waals surface area contributed by atoms with Gasteiger partial charge in [0.05, 0.1) is 10.6 Å². The molecule has 158 valence electrons. The maximum Gasteiger partial charge on any atom is 0.253 e. The molecular formula is C22H23Cl2N3O3. The number of hydrogen-bond acceptors (Lipinski definition) is 3. The Hall–Kier alpha value is -2.57. The van der Waals surface area contributed by atoms with Gasteiger partial charge in [-0.3, -0.25) is 14.4 Å². The second kappa shape index (κ2) is 9.06. The van der Waals surface area contributed by atoms with Gasteiger partial charge in [-0.2, -0.15) is 0 Å². The number of nitrogens with zero attached hydrogens (tertiary/aromatic N) is 1. The average molecular weight is 448 g/mol. The summed E-state index contributed by atoms with van der Waals surface area (Å²) < 4.78 is 0. The number of halogens is 2. The number of hydrogen-bond donors (Lipinski definition) is 2. The Bertz CT molecular complexity index is 993. The van der Waals surface area contributed by atoms with Crippen LogP contribution in [0.15, 0.2) is 42.5 Å². The van der Waals surface area contributed by atoms with Gasteiger partial charge >= 0.3 is 0 Å². The van der Waals surface area contributed by atoms with Crippen LogP contribution in [0.1, 0.15) is 35.3 Å². The van der Waals surface area contributed by atoms with Crippen LogP contribution in [0.4, 0.5) is 0 Å². The van der Waals surface area contributed by atoms with Gasteiger partial charge in [-0.15, -0.1) is 0 Å². The second-order valence-corrected chi connectivity index (χ2v) is 8.52. The molecule has 8 heteroatoms. The molecule has 0 aromatic heterocycles. The van der Waals surface area contributed by atoms with Crippen LogP contribution in [0, 0.1) is 5.92 Å². The van der Waals surface area contributed by atoms with Crippen molar-refractivity contribution in [3.8, 4) is 0 Å². The second-order valence-electron chi connectivity index (χ2n) is 7.68. The molecule has 0 fully saturated rings. The molecule has 3 N–H and O–H groups in total. The van der Waals surface area contributed by atoms with Crippen LogP contribution < -0.4 is 11.1 Å². The summed E-state index contributed by atoms with van der Waals surface area (Å²) in [6.07, 6.45) is 0.346. The molecular weight excluding hydrogens is 425 g/mol. The van der Waals surface area contributed by atoms with Crippen LogP contribution in [-0.4, -0.2) is 34.7 Å². The minimum Gasteiger partial charge on any atom is -0.368 e. The molecule has 6 nitrogen and oxygen atoms in total. The average Bonchev–Trinajstić information content (AvgIpc) is 2.70. The lowest BCUT2D eigenvalue weighted by Gasteiger charge is -2.38. The van der Waals surface area contributed by atoms with Gasteiger partial charge in [-0.25, -0.2) is 0 Å². The number of fused-ring (bicyclic) bond motifs is 1. The van der Waals surface area contributed by atoms with Crippen molar-refractivity contribution in [1.82, 2.24) is 10.2 Å². The Labute approximate surface area is 185 Å². The zero-order valence-corrected chi connectivity index (χ0v) is 18.2. The SMILES string of the molecule is CC(C)[C@H](NC(=O)c1ccc(Cl)cc1Cl)C(=O)N1Cc2ccccc2C[C@H]1C(N)=O. The molecule has 0 aliphatic carbocycles. The first-order chi connectivity index (χ1) is 14.2. The summed E-state index contributed by atoms with van der Waals surface area (Å²) in [6.45, 7) is 3.90. The number of amides is 3. The van der Waals surface area contributed by atoms with Crippen molar-refractivity contribution >= 4 is 40.9 Å². The molecule has 1 aliphatic rings. The van der Waals surface area contributed by atoms with E-state index in [0.717, 1.165) is 11.1 Å². The summed E-state index contributed by atoms with van der Waals surface area (Å²) in [5, 5.41) is 3.36.